The third-order valence-electron chi connectivity index (χ3n) is 2.36. The lowest BCUT2D eigenvalue weighted by Crippen LogP contribution is -2.20. The van der Waals surface area contributed by atoms with E-state index in [1.807, 2.05) is 19.0 Å². The molecule has 1 rings (SSSR count). The number of nitrogens with zero attached hydrogens (tertiary/aromatic N) is 2. The fourth-order valence-corrected chi connectivity index (χ4v) is 1.56. The second-order valence-electron chi connectivity index (χ2n) is 4.40. The van der Waals surface area contributed by atoms with Gasteiger partial charge in [0.1, 0.15) is 11.0 Å². The second kappa shape index (κ2) is 7.66. The van der Waals surface area contributed by atoms with Crippen molar-refractivity contribution in [1.29, 1.82) is 0 Å². The van der Waals surface area contributed by atoms with Gasteiger partial charge in [0.05, 0.1) is 18.8 Å². The Labute approximate surface area is 120 Å². The Bertz CT molecular complexity index is 427. The molecular formula is C12H17ClF3N3O. The van der Waals surface area contributed by atoms with Crippen molar-refractivity contribution in [3.63, 3.8) is 0 Å². The molecule has 0 bridgehead atoms. The summed E-state index contributed by atoms with van der Waals surface area (Å²) < 4.78 is 43.0. The van der Waals surface area contributed by atoms with Gasteiger partial charge in [-0.15, -0.1) is 0 Å². The van der Waals surface area contributed by atoms with E-state index in [-0.39, 0.29) is 11.0 Å². The molecule has 20 heavy (non-hydrogen) atoms. The van der Waals surface area contributed by atoms with Gasteiger partial charge >= 0.3 is 6.18 Å². The highest BCUT2D eigenvalue weighted by Crippen LogP contribution is 2.31. The fraction of sp³-hybridized carbons (Fsp3) is 0.583. The fourth-order valence-electron chi connectivity index (χ4n) is 1.35. The molecule has 0 aliphatic carbocycles. The Balaban J connectivity index is 2.42. The van der Waals surface area contributed by atoms with Gasteiger partial charge in [-0.2, -0.15) is 13.2 Å². The van der Waals surface area contributed by atoms with Crippen molar-refractivity contribution in [1.82, 2.24) is 9.88 Å². The average molecular weight is 312 g/mol. The van der Waals surface area contributed by atoms with Crippen LogP contribution < -0.4 is 5.32 Å². The first kappa shape index (κ1) is 17.0. The van der Waals surface area contributed by atoms with Gasteiger partial charge in [-0.25, -0.2) is 4.98 Å². The van der Waals surface area contributed by atoms with Crippen LogP contribution >= 0.6 is 11.6 Å². The average Bonchev–Trinajstić information content (AvgIpc) is 2.31. The molecule has 114 valence electrons. The van der Waals surface area contributed by atoms with Gasteiger partial charge in [-0.3, -0.25) is 0 Å². The Morgan fingerprint density at radius 3 is 2.60 bits per heavy atom. The Hall–Kier alpha value is -1.05. The minimum atomic E-state index is -4.44. The van der Waals surface area contributed by atoms with Crippen LogP contribution in [0.15, 0.2) is 12.1 Å². The zero-order valence-electron chi connectivity index (χ0n) is 11.3. The number of likely N-dealkylation sites (N-methyl/N-ethyl adjacent to an activating group) is 1. The van der Waals surface area contributed by atoms with Crippen LogP contribution in [0.2, 0.25) is 5.15 Å². The standard InChI is InChI=1S/C12H17ClF3N3O/c1-19(2)4-6-20-5-3-17-11-8-9(12(14,15)16)7-10(13)18-11/h7-8H,3-6H2,1-2H3,(H,17,18). The van der Waals surface area contributed by atoms with Crippen molar-refractivity contribution in [2.75, 3.05) is 45.7 Å². The van der Waals surface area contributed by atoms with Crippen molar-refractivity contribution < 1.29 is 17.9 Å². The lowest BCUT2D eigenvalue weighted by atomic mass is 10.2. The summed E-state index contributed by atoms with van der Waals surface area (Å²) in [5, 5.41) is 2.55. The monoisotopic (exact) mass is 311 g/mol. The number of hydrogen-bond acceptors (Lipinski definition) is 4. The van der Waals surface area contributed by atoms with Crippen molar-refractivity contribution >= 4 is 17.4 Å². The maximum atomic E-state index is 12.6. The van der Waals surface area contributed by atoms with Crippen molar-refractivity contribution in [3.05, 3.63) is 22.8 Å². The predicted molar refractivity (Wildman–Crippen MR) is 72.1 cm³/mol. The zero-order chi connectivity index (χ0) is 15.2. The van der Waals surface area contributed by atoms with E-state index in [0.717, 1.165) is 18.7 Å². The van der Waals surface area contributed by atoms with E-state index in [2.05, 4.69) is 10.3 Å². The largest absolute Gasteiger partial charge is 0.416 e. The van der Waals surface area contributed by atoms with E-state index in [1.54, 1.807) is 0 Å². The molecule has 1 aromatic heterocycles. The zero-order valence-corrected chi connectivity index (χ0v) is 12.1. The van der Waals surface area contributed by atoms with E-state index in [4.69, 9.17) is 16.3 Å². The maximum absolute atomic E-state index is 12.6. The van der Waals surface area contributed by atoms with Gasteiger partial charge in [0.15, 0.2) is 0 Å². The van der Waals surface area contributed by atoms with Crippen molar-refractivity contribution in [2.45, 2.75) is 6.18 Å². The Kier molecular flexibility index (Phi) is 6.51. The SMILES string of the molecule is CN(C)CCOCCNc1cc(C(F)(F)F)cc(Cl)n1. The van der Waals surface area contributed by atoms with E-state index in [0.29, 0.717) is 19.8 Å². The maximum Gasteiger partial charge on any atom is 0.416 e. The molecule has 0 fully saturated rings. The molecule has 0 saturated heterocycles. The molecule has 1 aromatic rings. The molecule has 0 aliphatic heterocycles. The number of alkyl halides is 3. The van der Waals surface area contributed by atoms with E-state index >= 15 is 0 Å². The number of hydrogen-bond donors (Lipinski definition) is 1. The molecular weight excluding hydrogens is 295 g/mol. The molecule has 0 radical (unpaired) electrons. The first-order valence-electron chi connectivity index (χ1n) is 6.00. The number of anilines is 1. The number of pyridine rings is 1. The summed E-state index contributed by atoms with van der Waals surface area (Å²) in [4.78, 5) is 5.76. The molecule has 0 amide bonds. The summed E-state index contributed by atoms with van der Waals surface area (Å²) in [5.74, 6) is 0.0843. The number of rotatable bonds is 7. The van der Waals surface area contributed by atoms with Gasteiger partial charge in [0.2, 0.25) is 0 Å². The third-order valence-corrected chi connectivity index (χ3v) is 2.55. The quantitative estimate of drug-likeness (QED) is 0.620. The molecule has 8 heteroatoms. The summed E-state index contributed by atoms with van der Waals surface area (Å²) in [5.41, 5.74) is -0.825. The van der Waals surface area contributed by atoms with Crippen molar-refractivity contribution in [3.8, 4) is 0 Å². The Morgan fingerprint density at radius 1 is 1.30 bits per heavy atom. The van der Waals surface area contributed by atoms with Crippen LogP contribution in [0.1, 0.15) is 5.56 Å². The smallest absolute Gasteiger partial charge is 0.378 e. The third kappa shape index (κ3) is 6.40. The molecule has 0 atom stereocenters. The molecule has 0 aromatic carbocycles. The van der Waals surface area contributed by atoms with Gasteiger partial charge in [-0.05, 0) is 26.2 Å². The van der Waals surface area contributed by atoms with Crippen LogP contribution in [0, 0.1) is 0 Å². The summed E-state index contributed by atoms with van der Waals surface area (Å²) >= 11 is 5.57. The minimum Gasteiger partial charge on any atom is -0.378 e. The molecule has 4 nitrogen and oxygen atoms in total. The number of nitrogens with one attached hydrogen (secondary N) is 1. The Morgan fingerprint density at radius 2 is 2.00 bits per heavy atom. The van der Waals surface area contributed by atoms with Crippen LogP contribution in [0.25, 0.3) is 0 Å². The van der Waals surface area contributed by atoms with E-state index < -0.39 is 11.7 Å². The highest BCUT2D eigenvalue weighted by atomic mass is 35.5. The molecule has 1 heterocycles. The molecule has 0 unspecified atom stereocenters. The lowest BCUT2D eigenvalue weighted by molar-refractivity contribution is -0.137. The summed E-state index contributed by atoms with van der Waals surface area (Å²) in [6.07, 6.45) is -4.44. The van der Waals surface area contributed by atoms with E-state index in [1.165, 1.54) is 0 Å². The van der Waals surface area contributed by atoms with Crippen LogP contribution in [-0.2, 0) is 10.9 Å². The molecule has 0 spiro atoms. The molecule has 1 N–H and O–H groups in total. The topological polar surface area (TPSA) is 37.4 Å². The van der Waals surface area contributed by atoms with Gasteiger partial charge in [-0.1, -0.05) is 11.6 Å². The normalized spacial score (nSPS) is 11.9. The summed E-state index contributed by atoms with van der Waals surface area (Å²) in [7, 11) is 3.85. The number of halogens is 4. The first-order valence-corrected chi connectivity index (χ1v) is 6.38. The number of ether oxygens (including phenoxy) is 1. The van der Waals surface area contributed by atoms with Crippen LogP contribution in [0.4, 0.5) is 19.0 Å². The molecule has 0 aliphatic rings. The lowest BCUT2D eigenvalue weighted by Gasteiger charge is -2.12. The summed E-state index contributed by atoms with van der Waals surface area (Å²) in [6.45, 7) is 2.08. The van der Waals surface area contributed by atoms with Crippen molar-refractivity contribution in [2.24, 2.45) is 0 Å². The second-order valence-corrected chi connectivity index (χ2v) is 4.79. The number of aromatic nitrogens is 1. The minimum absolute atomic E-state index is 0.0843. The van der Waals surface area contributed by atoms with E-state index in [9.17, 15) is 13.2 Å². The summed E-state index contributed by atoms with van der Waals surface area (Å²) in [6, 6.07) is 1.71. The van der Waals surface area contributed by atoms with Gasteiger partial charge in [0.25, 0.3) is 0 Å². The molecule has 0 saturated carbocycles. The van der Waals surface area contributed by atoms with Crippen LogP contribution in [0.3, 0.4) is 0 Å². The predicted octanol–water partition coefficient (Wildman–Crippen LogP) is 2.74. The highest BCUT2D eigenvalue weighted by molar-refractivity contribution is 6.29. The van der Waals surface area contributed by atoms with Crippen LogP contribution in [0.5, 0.6) is 0 Å². The van der Waals surface area contributed by atoms with Crippen LogP contribution in [-0.4, -0.2) is 50.3 Å². The van der Waals surface area contributed by atoms with Gasteiger partial charge < -0.3 is 15.0 Å². The first-order chi connectivity index (χ1) is 9.29. The highest BCUT2D eigenvalue weighted by Gasteiger charge is 2.31. The van der Waals surface area contributed by atoms with Gasteiger partial charge in [0, 0.05) is 13.1 Å².